The van der Waals surface area contributed by atoms with E-state index >= 15 is 0 Å². The summed E-state index contributed by atoms with van der Waals surface area (Å²) < 4.78 is 13.0. The molecule has 2 amide bonds. The third-order valence-electron chi connectivity index (χ3n) is 4.78. The van der Waals surface area contributed by atoms with Gasteiger partial charge in [-0.1, -0.05) is 12.1 Å². The number of methoxy groups -OCH3 is 1. The fourth-order valence-electron chi connectivity index (χ4n) is 3.13. The number of likely N-dealkylation sites (tertiary alicyclic amines) is 1. The van der Waals surface area contributed by atoms with Gasteiger partial charge in [0, 0.05) is 39.2 Å². The van der Waals surface area contributed by atoms with Crippen LogP contribution in [0.4, 0.5) is 10.5 Å². The van der Waals surface area contributed by atoms with Crippen LogP contribution in [-0.4, -0.2) is 53.6 Å². The molecule has 3 rings (SSSR count). The molecule has 1 aliphatic heterocycles. The molecule has 0 spiro atoms. The van der Waals surface area contributed by atoms with Gasteiger partial charge in [-0.15, -0.1) is 0 Å². The first kappa shape index (κ1) is 19.2. The Kier molecular flexibility index (Phi) is 6.34. The zero-order valence-electron chi connectivity index (χ0n) is 16.3. The zero-order valence-corrected chi connectivity index (χ0v) is 16.3. The first-order valence-corrected chi connectivity index (χ1v) is 9.36. The zero-order chi connectivity index (χ0) is 19.2. The van der Waals surface area contributed by atoms with Gasteiger partial charge in [-0.05, 0) is 31.0 Å². The topological polar surface area (TPSA) is 68.6 Å². The monoisotopic (exact) mass is 372 g/mol. The molecule has 0 unspecified atom stereocenters. The maximum atomic E-state index is 12.5. The van der Waals surface area contributed by atoms with E-state index in [1.807, 2.05) is 11.1 Å². The highest BCUT2D eigenvalue weighted by Crippen LogP contribution is 2.24. The second-order valence-electron chi connectivity index (χ2n) is 6.99. The minimum atomic E-state index is -0.0912. The van der Waals surface area contributed by atoms with Crippen molar-refractivity contribution >= 4 is 11.7 Å². The number of hydrogen-bond acceptors (Lipinski definition) is 4. The molecule has 1 fully saturated rings. The third kappa shape index (κ3) is 5.23. The summed E-state index contributed by atoms with van der Waals surface area (Å²) in [4.78, 5) is 14.3. The van der Waals surface area contributed by atoms with Crippen molar-refractivity contribution < 1.29 is 14.3 Å². The van der Waals surface area contributed by atoms with Crippen LogP contribution in [0.1, 0.15) is 24.0 Å². The summed E-state index contributed by atoms with van der Waals surface area (Å²) in [6.07, 6.45) is 5.27. The highest BCUT2D eigenvalue weighted by Gasteiger charge is 2.24. The molecule has 1 N–H and O–H groups in total. The number of urea groups is 1. The van der Waals surface area contributed by atoms with E-state index in [0.29, 0.717) is 31.9 Å². The minimum absolute atomic E-state index is 0.0912. The maximum absolute atomic E-state index is 12.5. The van der Waals surface area contributed by atoms with Crippen molar-refractivity contribution in [3.8, 4) is 5.75 Å². The lowest BCUT2D eigenvalue weighted by Crippen LogP contribution is -2.43. The predicted molar refractivity (Wildman–Crippen MR) is 104 cm³/mol. The quantitative estimate of drug-likeness (QED) is 0.845. The Bertz CT molecular complexity index is 766. The van der Waals surface area contributed by atoms with E-state index in [9.17, 15) is 4.79 Å². The summed E-state index contributed by atoms with van der Waals surface area (Å²) in [6, 6.07) is 6.16. The van der Waals surface area contributed by atoms with Crippen LogP contribution < -0.4 is 10.1 Å². The molecule has 0 aliphatic carbocycles. The summed E-state index contributed by atoms with van der Waals surface area (Å²) in [5, 5.41) is 7.12. The van der Waals surface area contributed by atoms with E-state index in [0.717, 1.165) is 24.2 Å². The van der Waals surface area contributed by atoms with Gasteiger partial charge in [0.05, 0.1) is 25.0 Å². The van der Waals surface area contributed by atoms with Gasteiger partial charge in [0.15, 0.2) is 0 Å². The molecular formula is C20H28N4O3. The lowest BCUT2D eigenvalue weighted by Gasteiger charge is -2.32. The number of hydrogen-bond donors (Lipinski definition) is 1. The van der Waals surface area contributed by atoms with Gasteiger partial charge in [0.1, 0.15) is 11.9 Å². The van der Waals surface area contributed by atoms with Crippen LogP contribution in [0, 0.1) is 13.8 Å². The molecular weight excluding hydrogens is 344 g/mol. The molecule has 7 nitrogen and oxygen atoms in total. The Balaban J connectivity index is 1.47. The van der Waals surface area contributed by atoms with Crippen molar-refractivity contribution in [2.75, 3.05) is 32.1 Å². The molecule has 0 bridgehead atoms. The van der Waals surface area contributed by atoms with Crippen molar-refractivity contribution in [2.24, 2.45) is 0 Å². The van der Waals surface area contributed by atoms with Crippen LogP contribution in [0.25, 0.3) is 0 Å². The lowest BCUT2D eigenvalue weighted by molar-refractivity contribution is 0.115. The SMILES string of the molecule is COCCn1cc(NC(=O)N2CCC(Oc3cc(C)ccc3C)CC2)cn1. The second-order valence-corrected chi connectivity index (χ2v) is 6.99. The van der Waals surface area contributed by atoms with Crippen molar-refractivity contribution in [2.45, 2.75) is 39.3 Å². The average molecular weight is 372 g/mol. The molecule has 2 heterocycles. The number of anilines is 1. The van der Waals surface area contributed by atoms with Gasteiger partial charge in [-0.25, -0.2) is 4.79 Å². The molecule has 2 aromatic rings. The Morgan fingerprint density at radius 3 is 2.81 bits per heavy atom. The molecule has 7 heteroatoms. The number of nitrogens with zero attached hydrogens (tertiary/aromatic N) is 3. The van der Waals surface area contributed by atoms with Crippen molar-refractivity contribution in [3.05, 3.63) is 41.7 Å². The van der Waals surface area contributed by atoms with E-state index in [4.69, 9.17) is 9.47 Å². The van der Waals surface area contributed by atoms with Crippen LogP contribution in [0.2, 0.25) is 0 Å². The van der Waals surface area contributed by atoms with E-state index < -0.39 is 0 Å². The van der Waals surface area contributed by atoms with E-state index in [1.54, 1.807) is 18.0 Å². The number of aromatic nitrogens is 2. The van der Waals surface area contributed by atoms with Crippen molar-refractivity contribution in [1.82, 2.24) is 14.7 Å². The molecule has 27 heavy (non-hydrogen) atoms. The van der Waals surface area contributed by atoms with Crippen molar-refractivity contribution in [1.29, 1.82) is 0 Å². The minimum Gasteiger partial charge on any atom is -0.490 e. The number of ether oxygens (including phenoxy) is 2. The van der Waals surface area contributed by atoms with Crippen LogP contribution in [0.3, 0.4) is 0 Å². The first-order valence-electron chi connectivity index (χ1n) is 9.36. The molecule has 1 aromatic carbocycles. The van der Waals surface area contributed by atoms with E-state index in [-0.39, 0.29) is 12.1 Å². The number of rotatable bonds is 6. The summed E-state index contributed by atoms with van der Waals surface area (Å²) in [5.74, 6) is 0.946. The smallest absolute Gasteiger partial charge is 0.321 e. The molecule has 146 valence electrons. The molecule has 0 radical (unpaired) electrons. The van der Waals surface area contributed by atoms with Gasteiger partial charge in [0.25, 0.3) is 0 Å². The Hall–Kier alpha value is -2.54. The maximum Gasteiger partial charge on any atom is 0.321 e. The Morgan fingerprint density at radius 1 is 1.30 bits per heavy atom. The average Bonchev–Trinajstić information content (AvgIpc) is 3.11. The Morgan fingerprint density at radius 2 is 2.07 bits per heavy atom. The van der Waals surface area contributed by atoms with E-state index in [1.165, 1.54) is 5.56 Å². The van der Waals surface area contributed by atoms with Crippen LogP contribution in [-0.2, 0) is 11.3 Å². The Labute approximate surface area is 160 Å². The number of benzene rings is 1. The standard InChI is InChI=1S/C20H28N4O3/c1-15-4-5-16(2)19(12-15)27-18-6-8-23(9-7-18)20(25)22-17-13-21-24(14-17)10-11-26-3/h4-5,12-14,18H,6-11H2,1-3H3,(H,22,25). The summed E-state index contributed by atoms with van der Waals surface area (Å²) in [5.41, 5.74) is 3.04. The van der Waals surface area contributed by atoms with Crippen LogP contribution in [0.15, 0.2) is 30.6 Å². The highest BCUT2D eigenvalue weighted by molar-refractivity contribution is 5.89. The fourth-order valence-corrected chi connectivity index (χ4v) is 3.13. The summed E-state index contributed by atoms with van der Waals surface area (Å²) >= 11 is 0. The number of carbonyl (C=O) groups excluding carboxylic acids is 1. The molecule has 0 saturated carbocycles. The highest BCUT2D eigenvalue weighted by atomic mass is 16.5. The summed E-state index contributed by atoms with van der Waals surface area (Å²) in [7, 11) is 1.65. The normalized spacial score (nSPS) is 15.0. The molecule has 1 saturated heterocycles. The van der Waals surface area contributed by atoms with Crippen LogP contribution in [0.5, 0.6) is 5.75 Å². The van der Waals surface area contributed by atoms with Gasteiger partial charge in [0.2, 0.25) is 0 Å². The number of piperidine rings is 1. The van der Waals surface area contributed by atoms with Gasteiger partial charge in [-0.3, -0.25) is 4.68 Å². The summed E-state index contributed by atoms with van der Waals surface area (Å²) in [6.45, 7) is 6.73. The molecule has 0 atom stereocenters. The number of nitrogens with one attached hydrogen (secondary N) is 1. The number of amides is 2. The number of carbonyl (C=O) groups is 1. The van der Waals surface area contributed by atoms with Gasteiger partial charge in [-0.2, -0.15) is 5.10 Å². The largest absolute Gasteiger partial charge is 0.490 e. The molecule has 1 aromatic heterocycles. The van der Waals surface area contributed by atoms with Gasteiger partial charge >= 0.3 is 6.03 Å². The fraction of sp³-hybridized carbons (Fsp3) is 0.500. The predicted octanol–water partition coefficient (Wildman–Crippen LogP) is 3.22. The van der Waals surface area contributed by atoms with Crippen molar-refractivity contribution in [3.63, 3.8) is 0 Å². The van der Waals surface area contributed by atoms with E-state index in [2.05, 4.69) is 42.5 Å². The number of aryl methyl sites for hydroxylation is 2. The molecule has 1 aliphatic rings. The first-order chi connectivity index (χ1) is 13.0. The van der Waals surface area contributed by atoms with Gasteiger partial charge < -0.3 is 19.7 Å². The third-order valence-corrected chi connectivity index (χ3v) is 4.78. The lowest BCUT2D eigenvalue weighted by atomic mass is 10.1. The second kappa shape index (κ2) is 8.90. The van der Waals surface area contributed by atoms with Crippen LogP contribution >= 0.6 is 0 Å².